The molecule has 8 aromatic rings. The van der Waals surface area contributed by atoms with Crippen LogP contribution in [0.5, 0.6) is 23.0 Å². The lowest BCUT2D eigenvalue weighted by molar-refractivity contribution is 0.468. The molecule has 4 heteroatoms. The number of hydrogen-bond acceptors (Lipinski definition) is 3. The number of hydrogen-bond donors (Lipinski definition) is 0. The zero-order valence-corrected chi connectivity index (χ0v) is 27.5. The molecule has 0 amide bonds. The number of rotatable bonds is 3. The molecule has 8 aromatic carbocycles. The van der Waals surface area contributed by atoms with Gasteiger partial charge in [-0.2, -0.15) is 0 Å². The molecule has 1 unspecified atom stereocenters. The first-order chi connectivity index (χ1) is 23.7. The molecule has 10 rings (SSSR count). The maximum Gasteiger partial charge on any atom is 0.148 e. The van der Waals surface area contributed by atoms with Crippen molar-refractivity contribution in [1.29, 1.82) is 0 Å². The van der Waals surface area contributed by atoms with Crippen molar-refractivity contribution in [3.05, 3.63) is 164 Å². The van der Waals surface area contributed by atoms with Gasteiger partial charge in [0.05, 0.1) is 11.3 Å². The molecular formula is C44H27O2PS. The maximum atomic E-state index is 7.18. The van der Waals surface area contributed by atoms with E-state index in [1.54, 1.807) is 0 Å². The molecule has 0 aliphatic carbocycles. The summed E-state index contributed by atoms with van der Waals surface area (Å²) in [7, 11) is 0. The summed E-state index contributed by atoms with van der Waals surface area (Å²) in [5.41, 5.74) is 6.69. The molecule has 2 aliphatic rings. The van der Waals surface area contributed by atoms with Gasteiger partial charge in [0, 0.05) is 16.2 Å². The van der Waals surface area contributed by atoms with Crippen molar-refractivity contribution >= 4 is 55.3 Å². The number of fused-ring (bicyclic) bond motifs is 8. The fourth-order valence-electron chi connectivity index (χ4n) is 7.49. The summed E-state index contributed by atoms with van der Waals surface area (Å²) >= 11 is 7.18. The summed E-state index contributed by atoms with van der Waals surface area (Å²) in [6.45, 7) is 0. The zero-order chi connectivity index (χ0) is 31.8. The van der Waals surface area contributed by atoms with Crippen molar-refractivity contribution in [3.8, 4) is 56.4 Å². The Morgan fingerprint density at radius 3 is 1.42 bits per heavy atom. The molecule has 0 radical (unpaired) electrons. The van der Waals surface area contributed by atoms with E-state index in [9.17, 15) is 0 Å². The summed E-state index contributed by atoms with van der Waals surface area (Å²) in [6.07, 6.45) is 0. The number of ether oxygens (including phenoxy) is 2. The molecule has 0 bridgehead atoms. The SMILES string of the molecule is S=P12c3c(ccc(-c4cc(-c5ccccc5)cc(-c5ccccc5)c4)c3Oc3ccc4ccccc4c31)Oc1ccc3ccccc3c12. The average molecular weight is 651 g/mol. The summed E-state index contributed by atoms with van der Waals surface area (Å²) in [5.74, 6) is 3.23. The molecule has 226 valence electrons. The molecule has 1 atom stereocenters. The van der Waals surface area contributed by atoms with Gasteiger partial charge in [-0.3, -0.25) is 0 Å². The minimum Gasteiger partial charge on any atom is -0.456 e. The van der Waals surface area contributed by atoms with Crippen molar-refractivity contribution in [3.63, 3.8) is 0 Å². The topological polar surface area (TPSA) is 18.5 Å². The summed E-state index contributed by atoms with van der Waals surface area (Å²) in [4.78, 5) is 0. The van der Waals surface area contributed by atoms with E-state index < -0.39 is 6.04 Å². The third-order valence-corrected chi connectivity index (χ3v) is 14.5. The minimum absolute atomic E-state index is 0.779. The van der Waals surface area contributed by atoms with E-state index in [0.29, 0.717) is 0 Å². The average Bonchev–Trinajstić information content (AvgIpc) is 3.15. The predicted octanol–water partition coefficient (Wildman–Crippen LogP) is 11.0. The van der Waals surface area contributed by atoms with Gasteiger partial charge < -0.3 is 9.47 Å². The molecule has 2 heterocycles. The fourth-order valence-corrected chi connectivity index (χ4v) is 12.6. The Bertz CT molecular complexity index is 2540. The zero-order valence-electron chi connectivity index (χ0n) is 25.8. The first-order valence-corrected chi connectivity index (χ1v) is 18.9. The van der Waals surface area contributed by atoms with E-state index in [-0.39, 0.29) is 0 Å². The highest BCUT2D eigenvalue weighted by atomic mass is 32.4. The standard InChI is InChI=1S/C44H27O2PS/c48-47-42-36-17-9-7-15-30(36)19-22-38(42)45-40-24-21-35(41(44(40)47)46-39-23-20-31-16-8-10-18-37(31)43(39)47)34-26-32(28-11-3-1-4-12-28)25-33(27-34)29-13-5-2-6-14-29/h1-27H. The molecule has 0 spiro atoms. The van der Waals surface area contributed by atoms with Crippen LogP contribution in [0.4, 0.5) is 0 Å². The Hall–Kier alpha value is -5.47. The van der Waals surface area contributed by atoms with Gasteiger partial charge >= 0.3 is 0 Å². The maximum absolute atomic E-state index is 7.18. The Morgan fingerprint density at radius 1 is 0.375 bits per heavy atom. The van der Waals surface area contributed by atoms with Crippen LogP contribution in [0.2, 0.25) is 0 Å². The minimum atomic E-state index is -2.71. The van der Waals surface area contributed by atoms with Gasteiger partial charge in [0.15, 0.2) is 0 Å². The van der Waals surface area contributed by atoms with Crippen molar-refractivity contribution < 1.29 is 9.47 Å². The third kappa shape index (κ3) is 4.02. The molecular weight excluding hydrogens is 624 g/mol. The molecule has 2 aliphatic heterocycles. The van der Waals surface area contributed by atoms with Crippen molar-refractivity contribution in [2.24, 2.45) is 0 Å². The highest BCUT2D eigenvalue weighted by Crippen LogP contribution is 2.62. The lowest BCUT2D eigenvalue weighted by Crippen LogP contribution is -2.36. The van der Waals surface area contributed by atoms with Crippen LogP contribution in [-0.2, 0) is 11.8 Å². The van der Waals surface area contributed by atoms with Gasteiger partial charge in [-0.1, -0.05) is 133 Å². The largest absolute Gasteiger partial charge is 0.456 e. The van der Waals surface area contributed by atoms with E-state index in [0.717, 1.165) is 93.8 Å². The smallest absolute Gasteiger partial charge is 0.148 e. The second-order valence-electron chi connectivity index (χ2n) is 12.4. The Kier molecular flexibility index (Phi) is 6.05. The second-order valence-corrected chi connectivity index (χ2v) is 16.6. The van der Waals surface area contributed by atoms with Crippen LogP contribution < -0.4 is 25.4 Å². The highest BCUT2D eigenvalue weighted by molar-refractivity contribution is 8.26. The van der Waals surface area contributed by atoms with Gasteiger partial charge in [0.2, 0.25) is 0 Å². The van der Waals surface area contributed by atoms with Crippen LogP contribution in [0.1, 0.15) is 0 Å². The number of benzene rings is 8. The Balaban J connectivity index is 1.30. The second kappa shape index (κ2) is 10.5. The molecule has 48 heavy (non-hydrogen) atoms. The molecule has 0 N–H and O–H groups in total. The van der Waals surface area contributed by atoms with Gasteiger partial charge in [0.25, 0.3) is 0 Å². The van der Waals surface area contributed by atoms with Crippen molar-refractivity contribution in [1.82, 2.24) is 0 Å². The lowest BCUT2D eigenvalue weighted by atomic mass is 9.93. The monoisotopic (exact) mass is 650 g/mol. The summed E-state index contributed by atoms with van der Waals surface area (Å²) in [5, 5.41) is 7.78. The van der Waals surface area contributed by atoms with Crippen LogP contribution >= 0.6 is 6.04 Å². The van der Waals surface area contributed by atoms with Crippen molar-refractivity contribution in [2.45, 2.75) is 0 Å². The summed E-state index contributed by atoms with van der Waals surface area (Å²) in [6, 6.07) is 55.1. The van der Waals surface area contributed by atoms with Gasteiger partial charge in [0.1, 0.15) is 23.0 Å². The van der Waals surface area contributed by atoms with Gasteiger partial charge in [-0.25, -0.2) is 0 Å². The lowest BCUT2D eigenvalue weighted by Gasteiger charge is -2.39. The quantitative estimate of drug-likeness (QED) is 0.177. The van der Waals surface area contributed by atoms with E-state index in [4.69, 9.17) is 21.3 Å². The van der Waals surface area contributed by atoms with Crippen LogP contribution in [0.25, 0.3) is 54.9 Å². The van der Waals surface area contributed by atoms with Crippen LogP contribution in [-0.4, -0.2) is 0 Å². The van der Waals surface area contributed by atoms with Crippen LogP contribution in [0.3, 0.4) is 0 Å². The van der Waals surface area contributed by atoms with Crippen molar-refractivity contribution in [2.75, 3.05) is 0 Å². The van der Waals surface area contributed by atoms with Crippen LogP contribution in [0.15, 0.2) is 164 Å². The van der Waals surface area contributed by atoms with E-state index in [2.05, 4.69) is 164 Å². The predicted molar refractivity (Wildman–Crippen MR) is 204 cm³/mol. The molecule has 0 saturated carbocycles. The molecule has 2 nitrogen and oxygen atoms in total. The van der Waals surface area contributed by atoms with Crippen LogP contribution in [0, 0.1) is 0 Å². The Morgan fingerprint density at radius 2 is 0.833 bits per heavy atom. The Labute approximate surface area is 283 Å². The van der Waals surface area contributed by atoms with E-state index in [1.165, 1.54) is 0 Å². The normalized spacial score (nSPS) is 15.6. The fraction of sp³-hybridized carbons (Fsp3) is 0. The molecule has 0 fully saturated rings. The first kappa shape index (κ1) is 27.6. The van der Waals surface area contributed by atoms with E-state index in [1.807, 2.05) is 0 Å². The first-order valence-electron chi connectivity index (χ1n) is 16.1. The molecule has 0 aromatic heterocycles. The van der Waals surface area contributed by atoms with E-state index >= 15 is 0 Å². The highest BCUT2D eigenvalue weighted by Gasteiger charge is 2.45. The van der Waals surface area contributed by atoms with Gasteiger partial charge in [-0.15, -0.1) is 0 Å². The molecule has 0 saturated heterocycles. The summed E-state index contributed by atoms with van der Waals surface area (Å²) < 4.78 is 13.9. The van der Waals surface area contributed by atoms with Gasteiger partial charge in [-0.05, 0) is 91.8 Å². The third-order valence-electron chi connectivity index (χ3n) is 9.66.